The number of carboxylic acid groups (broad SMARTS) is 2. The Balaban J connectivity index is 0.000000343. The minimum atomic E-state index is -5.08. The summed E-state index contributed by atoms with van der Waals surface area (Å²) < 4.78 is 75.3. The lowest BCUT2D eigenvalue weighted by atomic mass is 10.1. The highest BCUT2D eigenvalue weighted by molar-refractivity contribution is 5.73. The third kappa shape index (κ3) is 9.81. The molecule has 0 unspecified atom stereocenters. The monoisotopic (exact) mass is 504 g/mol. The van der Waals surface area contributed by atoms with Crippen LogP contribution in [0.5, 0.6) is 0 Å². The van der Waals surface area contributed by atoms with Gasteiger partial charge in [0.05, 0.1) is 24.5 Å². The van der Waals surface area contributed by atoms with E-state index in [1.54, 1.807) is 0 Å². The van der Waals surface area contributed by atoms with E-state index in [0.717, 1.165) is 44.1 Å². The van der Waals surface area contributed by atoms with Crippen LogP contribution in [0.2, 0.25) is 0 Å². The second kappa shape index (κ2) is 12.9. The quantitative estimate of drug-likeness (QED) is 0.601. The number of hydrogen-bond donors (Lipinski definition) is 2. The van der Waals surface area contributed by atoms with Crippen molar-refractivity contribution in [1.82, 2.24) is 9.88 Å². The Morgan fingerprint density at radius 2 is 1.68 bits per heavy atom. The van der Waals surface area contributed by atoms with Gasteiger partial charge < -0.3 is 19.7 Å². The minimum Gasteiger partial charge on any atom is -0.475 e. The van der Waals surface area contributed by atoms with Crippen LogP contribution in [-0.4, -0.2) is 82.4 Å². The van der Waals surface area contributed by atoms with Gasteiger partial charge in [-0.25, -0.2) is 9.59 Å². The van der Waals surface area contributed by atoms with E-state index in [0.29, 0.717) is 6.04 Å². The third-order valence-electron chi connectivity index (χ3n) is 4.83. The summed E-state index contributed by atoms with van der Waals surface area (Å²) in [6, 6.07) is 6.74. The summed E-state index contributed by atoms with van der Waals surface area (Å²) in [5.74, 6) is -5.51. The van der Waals surface area contributed by atoms with Crippen LogP contribution in [0.3, 0.4) is 0 Å². The molecule has 1 saturated carbocycles. The molecule has 1 aliphatic carbocycles. The molecule has 3 rings (SSSR count). The van der Waals surface area contributed by atoms with E-state index in [1.165, 1.54) is 6.42 Å². The average molecular weight is 504 g/mol. The van der Waals surface area contributed by atoms with Crippen LogP contribution in [0.15, 0.2) is 18.2 Å². The van der Waals surface area contributed by atoms with Crippen LogP contribution >= 0.6 is 0 Å². The molecule has 1 aromatic rings. The molecule has 0 radical (unpaired) electrons. The number of pyridine rings is 1. The van der Waals surface area contributed by atoms with Crippen LogP contribution in [0.1, 0.15) is 31.2 Å². The van der Waals surface area contributed by atoms with Gasteiger partial charge >= 0.3 is 24.3 Å². The van der Waals surface area contributed by atoms with E-state index in [-0.39, 0.29) is 12.2 Å². The molecule has 3 atom stereocenters. The molecule has 14 heteroatoms. The Morgan fingerprint density at radius 1 is 1.12 bits per heavy atom. The summed E-state index contributed by atoms with van der Waals surface area (Å²) >= 11 is 0. The molecule has 0 spiro atoms. The van der Waals surface area contributed by atoms with Crippen molar-refractivity contribution >= 4 is 11.9 Å². The lowest BCUT2D eigenvalue weighted by molar-refractivity contribution is -0.193. The van der Waals surface area contributed by atoms with E-state index in [4.69, 9.17) is 29.3 Å². The van der Waals surface area contributed by atoms with E-state index in [1.807, 2.05) is 13.0 Å². The molecule has 8 nitrogen and oxygen atoms in total. The lowest BCUT2D eigenvalue weighted by Crippen LogP contribution is -2.51. The summed E-state index contributed by atoms with van der Waals surface area (Å²) in [5.41, 5.74) is 2.25. The molecule has 1 aliphatic heterocycles. The first-order chi connectivity index (χ1) is 15.7. The highest BCUT2D eigenvalue weighted by Gasteiger charge is 2.43. The van der Waals surface area contributed by atoms with Gasteiger partial charge in [0.15, 0.2) is 0 Å². The number of hydrogen-bond acceptors (Lipinski definition) is 6. The van der Waals surface area contributed by atoms with Crippen molar-refractivity contribution in [2.75, 3.05) is 19.8 Å². The van der Waals surface area contributed by atoms with E-state index in [9.17, 15) is 26.3 Å². The summed E-state index contributed by atoms with van der Waals surface area (Å²) in [6.07, 6.45) is -7.37. The standard InChI is InChI=1S/C16H24N2O2.2C2HF3O2/c1-3-19-15-8-7-14-16(15)20-10-9-18(14)11-13-6-4-5-12(2)17-13;2*3-2(4,5)1(6)7/h4-6,14-16H,3,7-11H2,1-2H3;2*(H,6,7)/t14-,15-,16+;;/m0../s1. The molecular formula is C20H26F6N2O6. The molecule has 2 aliphatic rings. The van der Waals surface area contributed by atoms with Crippen LogP contribution in [0.25, 0.3) is 0 Å². The summed E-state index contributed by atoms with van der Waals surface area (Å²) in [6.45, 7) is 7.60. The van der Waals surface area contributed by atoms with E-state index >= 15 is 0 Å². The predicted molar refractivity (Wildman–Crippen MR) is 105 cm³/mol. The molecule has 2 heterocycles. The van der Waals surface area contributed by atoms with Crippen LogP contribution in [0, 0.1) is 6.92 Å². The number of ether oxygens (including phenoxy) is 2. The number of morpholine rings is 1. The first-order valence-corrected chi connectivity index (χ1v) is 10.2. The molecule has 194 valence electrons. The first-order valence-electron chi connectivity index (χ1n) is 10.2. The number of aromatic nitrogens is 1. The third-order valence-corrected chi connectivity index (χ3v) is 4.83. The Kier molecular flexibility index (Phi) is 11.2. The maximum atomic E-state index is 10.6. The lowest BCUT2D eigenvalue weighted by Gasteiger charge is -2.38. The fourth-order valence-electron chi connectivity index (χ4n) is 3.48. The van der Waals surface area contributed by atoms with Crippen molar-refractivity contribution in [3.63, 3.8) is 0 Å². The van der Waals surface area contributed by atoms with E-state index < -0.39 is 24.3 Å². The molecule has 0 bridgehead atoms. The van der Waals surface area contributed by atoms with Gasteiger partial charge in [-0.2, -0.15) is 26.3 Å². The topological polar surface area (TPSA) is 109 Å². The molecule has 0 aromatic carbocycles. The molecule has 34 heavy (non-hydrogen) atoms. The van der Waals surface area contributed by atoms with E-state index in [2.05, 4.69) is 28.9 Å². The SMILES string of the molecule is CCO[C@H]1CC[C@H]2[C@H]1OCCN2Cc1cccc(C)n1.O=C(O)C(F)(F)F.O=C(O)C(F)(F)F. The van der Waals surface area contributed by atoms with Gasteiger partial charge in [0, 0.05) is 31.4 Å². The predicted octanol–water partition coefficient (Wildman–Crippen LogP) is 3.42. The number of aliphatic carboxylic acids is 2. The fourth-order valence-corrected chi connectivity index (χ4v) is 3.48. The van der Waals surface area contributed by atoms with Gasteiger partial charge in [-0.1, -0.05) is 6.07 Å². The zero-order chi connectivity index (χ0) is 26.1. The van der Waals surface area contributed by atoms with Gasteiger partial charge in [-0.3, -0.25) is 9.88 Å². The molecule has 1 saturated heterocycles. The highest BCUT2D eigenvalue weighted by Crippen LogP contribution is 2.32. The molecule has 1 aromatic heterocycles. The number of fused-ring (bicyclic) bond motifs is 1. The summed E-state index contributed by atoms with van der Waals surface area (Å²) in [4.78, 5) is 24.9. The van der Waals surface area contributed by atoms with Crippen molar-refractivity contribution in [3.8, 4) is 0 Å². The van der Waals surface area contributed by atoms with Gasteiger partial charge in [0.2, 0.25) is 0 Å². The summed E-state index contributed by atoms with van der Waals surface area (Å²) in [5, 5.41) is 14.2. The smallest absolute Gasteiger partial charge is 0.475 e. The highest BCUT2D eigenvalue weighted by atomic mass is 19.4. The number of nitrogens with zero attached hydrogens (tertiary/aromatic N) is 2. The van der Waals surface area contributed by atoms with Gasteiger partial charge in [0.25, 0.3) is 0 Å². The first kappa shape index (κ1) is 29.6. The van der Waals surface area contributed by atoms with Crippen molar-refractivity contribution in [2.24, 2.45) is 0 Å². The Bertz CT molecular complexity index is 780. The van der Waals surface area contributed by atoms with Crippen molar-refractivity contribution in [2.45, 2.75) is 63.8 Å². The van der Waals surface area contributed by atoms with Crippen molar-refractivity contribution in [3.05, 3.63) is 29.6 Å². The van der Waals surface area contributed by atoms with Crippen molar-refractivity contribution < 1.29 is 55.6 Å². The second-order valence-corrected chi connectivity index (χ2v) is 7.32. The Hall–Kier alpha value is -2.45. The number of aryl methyl sites for hydroxylation is 1. The number of carbonyl (C=O) groups is 2. The maximum absolute atomic E-state index is 10.6. The number of rotatable bonds is 4. The van der Waals surface area contributed by atoms with Crippen LogP contribution in [0.4, 0.5) is 26.3 Å². The normalized spacial score (nSPS) is 22.5. The number of carboxylic acids is 2. The number of alkyl halides is 6. The van der Waals surface area contributed by atoms with Crippen LogP contribution in [-0.2, 0) is 25.6 Å². The van der Waals surface area contributed by atoms with Gasteiger partial charge in [-0.05, 0) is 38.8 Å². The Morgan fingerprint density at radius 3 is 2.15 bits per heavy atom. The zero-order valence-corrected chi connectivity index (χ0v) is 18.4. The fraction of sp³-hybridized carbons (Fsp3) is 0.650. The largest absolute Gasteiger partial charge is 0.490 e. The molecule has 2 N–H and O–H groups in total. The van der Waals surface area contributed by atoms with Crippen LogP contribution < -0.4 is 0 Å². The van der Waals surface area contributed by atoms with Gasteiger partial charge in [-0.15, -0.1) is 0 Å². The molecule has 0 amide bonds. The zero-order valence-electron chi connectivity index (χ0n) is 18.4. The number of halogens is 6. The molecule has 2 fully saturated rings. The van der Waals surface area contributed by atoms with Crippen molar-refractivity contribution in [1.29, 1.82) is 0 Å². The van der Waals surface area contributed by atoms with Gasteiger partial charge in [0.1, 0.15) is 0 Å². The molecular weight excluding hydrogens is 478 g/mol. The summed E-state index contributed by atoms with van der Waals surface area (Å²) in [7, 11) is 0. The Labute approximate surface area is 191 Å². The maximum Gasteiger partial charge on any atom is 0.490 e. The second-order valence-electron chi connectivity index (χ2n) is 7.32. The minimum absolute atomic E-state index is 0.244. The average Bonchev–Trinajstić information content (AvgIpc) is 3.12.